The van der Waals surface area contributed by atoms with Crippen LogP contribution in [0.2, 0.25) is 0 Å². The van der Waals surface area contributed by atoms with Crippen LogP contribution >= 0.6 is 0 Å². The summed E-state index contributed by atoms with van der Waals surface area (Å²) < 4.78 is 8.72. The molecule has 0 aromatic carbocycles. The van der Waals surface area contributed by atoms with Crippen molar-refractivity contribution in [2.24, 2.45) is 7.05 Å². The van der Waals surface area contributed by atoms with E-state index < -0.39 is 6.09 Å². The molecule has 0 spiro atoms. The predicted molar refractivity (Wildman–Crippen MR) is 93.8 cm³/mol. The fourth-order valence-corrected chi connectivity index (χ4v) is 3.63. The molecule has 0 saturated carbocycles. The van der Waals surface area contributed by atoms with Crippen molar-refractivity contribution in [3.63, 3.8) is 0 Å². The van der Waals surface area contributed by atoms with Crippen LogP contribution in [0.4, 0.5) is 4.79 Å². The molecule has 0 radical (unpaired) electrons. The average Bonchev–Trinajstić information content (AvgIpc) is 3.40. The lowest BCUT2D eigenvalue weighted by Crippen LogP contribution is -2.44. The van der Waals surface area contributed by atoms with E-state index in [-0.39, 0.29) is 18.4 Å². The number of carbonyl (C=O) groups is 2. The number of likely N-dealkylation sites (tertiary alicyclic amines) is 1. The Kier molecular flexibility index (Phi) is 4.78. The Morgan fingerprint density at radius 2 is 2.07 bits per heavy atom. The fourth-order valence-electron chi connectivity index (χ4n) is 3.63. The van der Waals surface area contributed by atoms with Crippen molar-refractivity contribution in [2.45, 2.75) is 25.3 Å². The average molecular weight is 373 g/mol. The van der Waals surface area contributed by atoms with Gasteiger partial charge < -0.3 is 14.2 Å². The first-order chi connectivity index (χ1) is 13.1. The molecular formula is C17H23N7O3. The van der Waals surface area contributed by atoms with Gasteiger partial charge in [0.15, 0.2) is 5.82 Å². The summed E-state index contributed by atoms with van der Waals surface area (Å²) in [7, 11) is 1.98. The first kappa shape index (κ1) is 17.5. The number of cyclic esters (lactones) is 1. The van der Waals surface area contributed by atoms with E-state index in [9.17, 15) is 9.59 Å². The Hall–Kier alpha value is -2.91. The minimum absolute atomic E-state index is 0.0235. The zero-order valence-corrected chi connectivity index (χ0v) is 15.3. The van der Waals surface area contributed by atoms with E-state index in [4.69, 9.17) is 4.74 Å². The SMILES string of the molecule is Cn1c(Cn2cccn2)nnc1C1CCN(C(=O)CN2CCOC2=O)CC1. The highest BCUT2D eigenvalue weighted by atomic mass is 16.6. The molecule has 27 heavy (non-hydrogen) atoms. The molecule has 4 rings (SSSR count). The molecule has 0 unspecified atom stereocenters. The summed E-state index contributed by atoms with van der Waals surface area (Å²) in [5, 5.41) is 12.9. The molecule has 144 valence electrons. The van der Waals surface area contributed by atoms with Gasteiger partial charge in [0.2, 0.25) is 5.91 Å². The number of nitrogens with zero attached hydrogens (tertiary/aromatic N) is 7. The summed E-state index contributed by atoms with van der Waals surface area (Å²) in [6.07, 6.45) is 4.91. The molecule has 0 bridgehead atoms. The zero-order chi connectivity index (χ0) is 18.8. The van der Waals surface area contributed by atoms with E-state index >= 15 is 0 Å². The summed E-state index contributed by atoms with van der Waals surface area (Å²) in [4.78, 5) is 27.2. The number of hydrogen-bond donors (Lipinski definition) is 0. The molecule has 0 aliphatic carbocycles. The maximum Gasteiger partial charge on any atom is 0.410 e. The van der Waals surface area contributed by atoms with Crippen LogP contribution in [-0.4, -0.2) is 79.1 Å². The second-order valence-electron chi connectivity index (χ2n) is 6.93. The lowest BCUT2D eigenvalue weighted by Gasteiger charge is -2.32. The highest BCUT2D eigenvalue weighted by molar-refractivity contribution is 5.83. The molecule has 2 aromatic rings. The first-order valence-electron chi connectivity index (χ1n) is 9.17. The largest absolute Gasteiger partial charge is 0.448 e. The van der Waals surface area contributed by atoms with Gasteiger partial charge in [-0.1, -0.05) is 0 Å². The van der Waals surface area contributed by atoms with Gasteiger partial charge in [0.25, 0.3) is 0 Å². The third kappa shape index (κ3) is 3.64. The van der Waals surface area contributed by atoms with Gasteiger partial charge in [-0.15, -0.1) is 10.2 Å². The number of rotatable bonds is 5. The van der Waals surface area contributed by atoms with E-state index in [0.717, 1.165) is 24.5 Å². The van der Waals surface area contributed by atoms with Gasteiger partial charge in [0, 0.05) is 38.4 Å². The van der Waals surface area contributed by atoms with Crippen LogP contribution < -0.4 is 0 Å². The maximum absolute atomic E-state index is 12.4. The van der Waals surface area contributed by atoms with Gasteiger partial charge in [-0.25, -0.2) is 4.79 Å². The summed E-state index contributed by atoms with van der Waals surface area (Å²) in [6, 6.07) is 1.88. The van der Waals surface area contributed by atoms with Crippen molar-refractivity contribution < 1.29 is 14.3 Å². The number of aromatic nitrogens is 5. The molecule has 2 aromatic heterocycles. The number of hydrogen-bond acceptors (Lipinski definition) is 6. The second-order valence-corrected chi connectivity index (χ2v) is 6.93. The van der Waals surface area contributed by atoms with Crippen LogP contribution in [0.15, 0.2) is 18.5 Å². The van der Waals surface area contributed by atoms with E-state index in [2.05, 4.69) is 15.3 Å². The molecule has 4 heterocycles. The second kappa shape index (κ2) is 7.37. The lowest BCUT2D eigenvalue weighted by molar-refractivity contribution is -0.132. The summed E-state index contributed by atoms with van der Waals surface area (Å²) in [5.41, 5.74) is 0. The molecule has 2 fully saturated rings. The van der Waals surface area contributed by atoms with Crippen LogP contribution in [0.1, 0.15) is 30.4 Å². The van der Waals surface area contributed by atoms with E-state index in [1.54, 1.807) is 6.20 Å². The summed E-state index contributed by atoms with van der Waals surface area (Å²) >= 11 is 0. The molecule has 10 nitrogen and oxygen atoms in total. The van der Waals surface area contributed by atoms with Gasteiger partial charge in [-0.2, -0.15) is 5.10 Å². The predicted octanol–water partition coefficient (Wildman–Crippen LogP) is 0.218. The van der Waals surface area contributed by atoms with Crippen molar-refractivity contribution in [3.8, 4) is 0 Å². The van der Waals surface area contributed by atoms with Crippen molar-refractivity contribution >= 4 is 12.0 Å². The minimum Gasteiger partial charge on any atom is -0.448 e. The van der Waals surface area contributed by atoms with E-state index in [0.29, 0.717) is 32.8 Å². The smallest absolute Gasteiger partial charge is 0.410 e. The molecule has 10 heteroatoms. The van der Waals surface area contributed by atoms with Crippen molar-refractivity contribution in [2.75, 3.05) is 32.8 Å². The van der Waals surface area contributed by atoms with Gasteiger partial charge >= 0.3 is 6.09 Å². The normalized spacial score (nSPS) is 18.2. The first-order valence-corrected chi connectivity index (χ1v) is 9.17. The van der Waals surface area contributed by atoms with Gasteiger partial charge in [0.05, 0.1) is 6.54 Å². The van der Waals surface area contributed by atoms with Gasteiger partial charge in [-0.3, -0.25) is 14.4 Å². The Labute approximate surface area is 156 Å². The molecule has 2 aliphatic heterocycles. The number of carbonyl (C=O) groups excluding carboxylic acids is 2. The molecule has 0 atom stereocenters. The third-order valence-corrected chi connectivity index (χ3v) is 5.25. The Morgan fingerprint density at radius 1 is 1.26 bits per heavy atom. The molecule has 2 aliphatic rings. The van der Waals surface area contributed by atoms with Crippen molar-refractivity contribution in [1.29, 1.82) is 0 Å². The van der Waals surface area contributed by atoms with Crippen LogP contribution in [0, 0.1) is 0 Å². The Bertz CT molecular complexity index is 809. The highest BCUT2D eigenvalue weighted by Crippen LogP contribution is 2.27. The molecule has 2 saturated heterocycles. The standard InChI is InChI=1S/C17H23N7O3/c1-21-14(11-24-6-2-5-18-24)19-20-16(21)13-3-7-22(8-4-13)15(25)12-23-9-10-27-17(23)26/h2,5-6,13H,3-4,7-12H2,1H3. The van der Waals surface area contributed by atoms with E-state index in [1.165, 1.54) is 4.90 Å². The van der Waals surface area contributed by atoms with Crippen LogP contribution in [0.25, 0.3) is 0 Å². The zero-order valence-electron chi connectivity index (χ0n) is 15.3. The Morgan fingerprint density at radius 3 is 2.74 bits per heavy atom. The van der Waals surface area contributed by atoms with Crippen LogP contribution in [-0.2, 0) is 23.1 Å². The minimum atomic E-state index is -0.401. The summed E-state index contributed by atoms with van der Waals surface area (Å²) in [6.45, 7) is 2.85. The molecular weight excluding hydrogens is 350 g/mol. The number of ether oxygens (including phenoxy) is 1. The Balaban J connectivity index is 1.33. The highest BCUT2D eigenvalue weighted by Gasteiger charge is 2.30. The number of amides is 2. The molecule has 0 N–H and O–H groups in total. The quantitative estimate of drug-likeness (QED) is 0.743. The van der Waals surface area contributed by atoms with Gasteiger partial charge in [-0.05, 0) is 18.9 Å². The van der Waals surface area contributed by atoms with E-state index in [1.807, 2.05) is 33.5 Å². The van der Waals surface area contributed by atoms with Crippen LogP contribution in [0.3, 0.4) is 0 Å². The lowest BCUT2D eigenvalue weighted by atomic mass is 9.96. The van der Waals surface area contributed by atoms with Gasteiger partial charge in [0.1, 0.15) is 25.5 Å². The van der Waals surface area contributed by atoms with Crippen molar-refractivity contribution in [1.82, 2.24) is 34.3 Å². The topological polar surface area (TPSA) is 98.4 Å². The summed E-state index contributed by atoms with van der Waals surface area (Å²) in [5.74, 6) is 2.06. The number of piperidine rings is 1. The van der Waals surface area contributed by atoms with Crippen LogP contribution in [0.5, 0.6) is 0 Å². The monoisotopic (exact) mass is 373 g/mol. The fraction of sp³-hybridized carbons (Fsp3) is 0.588. The van der Waals surface area contributed by atoms with Crippen molar-refractivity contribution in [3.05, 3.63) is 30.1 Å². The maximum atomic E-state index is 12.4. The third-order valence-electron chi connectivity index (χ3n) is 5.25. The molecule has 2 amide bonds.